The van der Waals surface area contributed by atoms with E-state index in [9.17, 15) is 9.59 Å². The Labute approximate surface area is 200 Å². The van der Waals surface area contributed by atoms with E-state index < -0.39 is 0 Å². The Morgan fingerprint density at radius 1 is 0.758 bits per heavy atom. The molecule has 184 valence electrons. The Morgan fingerprint density at radius 2 is 1.21 bits per heavy atom. The Morgan fingerprint density at radius 3 is 1.73 bits per heavy atom. The summed E-state index contributed by atoms with van der Waals surface area (Å²) in [4.78, 5) is 26.3. The summed E-state index contributed by atoms with van der Waals surface area (Å²) in [6, 6.07) is 0. The fraction of sp³-hybridized carbons (Fsp3) is 0.643. The number of rotatable bonds is 11. The van der Waals surface area contributed by atoms with Crippen molar-refractivity contribution in [1.29, 1.82) is 0 Å². The van der Waals surface area contributed by atoms with Crippen molar-refractivity contribution in [2.24, 2.45) is 5.92 Å². The highest BCUT2D eigenvalue weighted by molar-refractivity contribution is 5.70. The number of nitrogens with zero attached hydrogens (tertiary/aromatic N) is 1. The van der Waals surface area contributed by atoms with Crippen molar-refractivity contribution in [2.45, 2.75) is 103 Å². The second kappa shape index (κ2) is 13.4. The molecular weight excluding hydrogens is 414 g/mol. The molecule has 0 aromatic carbocycles. The van der Waals surface area contributed by atoms with Crippen LogP contribution in [0.15, 0.2) is 48.9 Å². The average molecular weight is 458 g/mol. The quantitative estimate of drug-likeness (QED) is 0.151. The minimum atomic E-state index is -0.133. The molecule has 33 heavy (non-hydrogen) atoms. The molecule has 2 atom stereocenters. The molecule has 0 aromatic heterocycles. The maximum atomic E-state index is 12.2. The van der Waals surface area contributed by atoms with Crippen molar-refractivity contribution in [1.82, 2.24) is 4.90 Å². The summed E-state index contributed by atoms with van der Waals surface area (Å²) in [6.45, 7) is 18.4. The molecule has 1 aliphatic carbocycles. The highest BCUT2D eigenvalue weighted by Crippen LogP contribution is 2.31. The van der Waals surface area contributed by atoms with Crippen molar-refractivity contribution in [3.63, 3.8) is 0 Å². The van der Waals surface area contributed by atoms with Gasteiger partial charge in [-0.3, -0.25) is 9.59 Å². The first kappa shape index (κ1) is 26.9. The van der Waals surface area contributed by atoms with Gasteiger partial charge < -0.3 is 14.4 Å². The van der Waals surface area contributed by atoms with Gasteiger partial charge in [-0.05, 0) is 25.2 Å². The molecule has 0 N–H and O–H groups in total. The zero-order valence-electron chi connectivity index (χ0n) is 20.8. The molecule has 0 radical (unpaired) electrons. The van der Waals surface area contributed by atoms with E-state index in [4.69, 9.17) is 9.47 Å². The summed E-state index contributed by atoms with van der Waals surface area (Å²) in [7, 11) is 1.94. The van der Waals surface area contributed by atoms with Crippen LogP contribution in [-0.2, 0) is 19.1 Å². The van der Waals surface area contributed by atoms with Gasteiger partial charge in [-0.25, -0.2) is 0 Å². The first-order valence-electron chi connectivity index (χ1n) is 12.5. The highest BCUT2D eigenvalue weighted by atomic mass is 16.5. The lowest BCUT2D eigenvalue weighted by atomic mass is 9.97. The van der Waals surface area contributed by atoms with Gasteiger partial charge in [0.1, 0.15) is 12.2 Å². The van der Waals surface area contributed by atoms with Gasteiger partial charge in [0.2, 0.25) is 0 Å². The largest absolute Gasteiger partial charge is 0.462 e. The summed E-state index contributed by atoms with van der Waals surface area (Å²) >= 11 is 0. The number of esters is 2. The van der Waals surface area contributed by atoms with Gasteiger partial charge in [0.15, 0.2) is 0 Å². The number of hydrogen-bond acceptors (Lipinski definition) is 5. The number of hydrogen-bond donors (Lipinski definition) is 0. The average Bonchev–Trinajstić information content (AvgIpc) is 2.84. The van der Waals surface area contributed by atoms with Gasteiger partial charge in [-0.2, -0.15) is 0 Å². The van der Waals surface area contributed by atoms with Crippen molar-refractivity contribution in [3.05, 3.63) is 48.9 Å². The van der Waals surface area contributed by atoms with Gasteiger partial charge in [0, 0.05) is 57.0 Å². The van der Waals surface area contributed by atoms with Crippen LogP contribution in [-0.4, -0.2) is 36.1 Å². The Balaban J connectivity index is 1.49. The zero-order chi connectivity index (χ0) is 24.4. The molecule has 2 aliphatic rings. The summed E-state index contributed by atoms with van der Waals surface area (Å²) in [5, 5.41) is 0. The van der Waals surface area contributed by atoms with Crippen LogP contribution in [0.2, 0.25) is 0 Å². The van der Waals surface area contributed by atoms with Crippen LogP contribution >= 0.6 is 0 Å². The minimum Gasteiger partial charge on any atom is -0.462 e. The first-order valence-corrected chi connectivity index (χ1v) is 12.5. The van der Waals surface area contributed by atoms with E-state index in [2.05, 4.69) is 33.2 Å². The molecule has 1 aliphatic heterocycles. The van der Waals surface area contributed by atoms with Crippen LogP contribution < -0.4 is 0 Å². The van der Waals surface area contributed by atoms with E-state index in [0.717, 1.165) is 80.3 Å². The third-order valence-corrected chi connectivity index (χ3v) is 6.78. The minimum absolute atomic E-state index is 0.104. The highest BCUT2D eigenvalue weighted by Gasteiger charge is 2.25. The third-order valence-electron chi connectivity index (χ3n) is 6.78. The SMILES string of the molecule is C=C1CC(OC(=O)CCCCCCCCC(=O)OC2CC(=C)N(C)C(=C)C2)CC(=C)[C@@H](C)C1. The lowest BCUT2D eigenvalue weighted by molar-refractivity contribution is -0.150. The maximum absolute atomic E-state index is 12.2. The number of ether oxygens (including phenoxy) is 2. The molecule has 2 fully saturated rings. The van der Waals surface area contributed by atoms with Crippen LogP contribution in [0.25, 0.3) is 0 Å². The number of carbonyl (C=O) groups excluding carboxylic acids is 2. The molecule has 2 rings (SSSR count). The normalized spacial score (nSPS) is 22.3. The molecule has 5 nitrogen and oxygen atoms in total. The fourth-order valence-corrected chi connectivity index (χ4v) is 4.55. The van der Waals surface area contributed by atoms with Crippen LogP contribution in [0, 0.1) is 5.92 Å². The predicted molar refractivity (Wildman–Crippen MR) is 133 cm³/mol. The summed E-state index contributed by atoms with van der Waals surface area (Å²) in [5.41, 5.74) is 4.17. The van der Waals surface area contributed by atoms with E-state index in [1.807, 2.05) is 11.9 Å². The Bertz CT molecular complexity index is 735. The predicted octanol–water partition coefficient (Wildman–Crippen LogP) is 6.62. The second-order valence-electron chi connectivity index (χ2n) is 9.87. The van der Waals surface area contributed by atoms with Gasteiger partial charge in [0.25, 0.3) is 0 Å². The molecule has 0 aromatic rings. The fourth-order valence-electron chi connectivity index (χ4n) is 4.55. The van der Waals surface area contributed by atoms with E-state index >= 15 is 0 Å². The van der Waals surface area contributed by atoms with Crippen LogP contribution in [0.3, 0.4) is 0 Å². The van der Waals surface area contributed by atoms with Gasteiger partial charge >= 0.3 is 11.9 Å². The van der Waals surface area contributed by atoms with Gasteiger partial charge in [-0.15, -0.1) is 0 Å². The van der Waals surface area contributed by atoms with Gasteiger partial charge in [-0.1, -0.05) is 70.1 Å². The molecule has 5 heteroatoms. The van der Waals surface area contributed by atoms with E-state index in [0.29, 0.717) is 31.6 Å². The first-order chi connectivity index (χ1) is 15.7. The molecule has 1 saturated heterocycles. The molecular formula is C28H43NO4. The monoisotopic (exact) mass is 457 g/mol. The van der Waals surface area contributed by atoms with E-state index in [-0.39, 0.29) is 24.1 Å². The summed E-state index contributed by atoms with van der Waals surface area (Å²) < 4.78 is 11.3. The molecule has 0 bridgehead atoms. The Hall–Kier alpha value is -2.30. The van der Waals surface area contributed by atoms with E-state index in [1.165, 1.54) is 0 Å². The lowest BCUT2D eigenvalue weighted by Gasteiger charge is -2.33. The maximum Gasteiger partial charge on any atom is 0.306 e. The topological polar surface area (TPSA) is 55.8 Å². The molecule has 1 heterocycles. The third kappa shape index (κ3) is 9.61. The standard InChI is InChI=1S/C28H43NO4/c1-20-15-21(2)22(3)17-25(16-20)32-27(30)13-11-9-7-8-10-12-14-28(31)33-26-18-23(4)29(6)24(5)19-26/h21,25-26H,1,3-5,7-19H2,2,6H3/t21-,25?/m0/s1. The molecule has 1 saturated carbocycles. The van der Waals surface area contributed by atoms with Crippen LogP contribution in [0.4, 0.5) is 0 Å². The number of piperidine rings is 1. The number of likely N-dealkylation sites (tertiary alicyclic amines) is 1. The van der Waals surface area contributed by atoms with Crippen LogP contribution in [0.5, 0.6) is 0 Å². The lowest BCUT2D eigenvalue weighted by Crippen LogP contribution is -2.31. The molecule has 0 amide bonds. The smallest absolute Gasteiger partial charge is 0.306 e. The summed E-state index contributed by atoms with van der Waals surface area (Å²) in [5.74, 6) is 0.167. The molecule has 0 spiro atoms. The number of unbranched alkanes of at least 4 members (excludes halogenated alkanes) is 5. The molecule has 1 unspecified atom stereocenters. The van der Waals surface area contributed by atoms with E-state index in [1.54, 1.807) is 0 Å². The van der Waals surface area contributed by atoms with Crippen molar-refractivity contribution >= 4 is 11.9 Å². The summed E-state index contributed by atoms with van der Waals surface area (Å²) in [6.07, 6.45) is 10.3. The number of carbonyl (C=O) groups is 2. The van der Waals surface area contributed by atoms with Crippen molar-refractivity contribution in [3.8, 4) is 0 Å². The van der Waals surface area contributed by atoms with Crippen LogP contribution in [0.1, 0.15) is 90.4 Å². The van der Waals surface area contributed by atoms with Crippen molar-refractivity contribution in [2.75, 3.05) is 7.05 Å². The van der Waals surface area contributed by atoms with Gasteiger partial charge in [0.05, 0.1) is 0 Å². The zero-order valence-corrected chi connectivity index (χ0v) is 20.8. The van der Waals surface area contributed by atoms with Crippen molar-refractivity contribution < 1.29 is 19.1 Å². The second-order valence-corrected chi connectivity index (χ2v) is 9.87. The Kier molecular flexibility index (Phi) is 11.0.